The summed E-state index contributed by atoms with van der Waals surface area (Å²) in [4.78, 5) is 0. The molecule has 0 aliphatic carbocycles. The van der Waals surface area contributed by atoms with Gasteiger partial charge in [0, 0.05) is 57.7 Å². The van der Waals surface area contributed by atoms with Gasteiger partial charge in [-0.3, -0.25) is 9.36 Å². The first-order valence-electron chi connectivity index (χ1n) is 7.12. The number of nitrogens with one attached hydrogen (secondary N) is 1. The van der Waals surface area contributed by atoms with Crippen LogP contribution in [-0.2, 0) is 25.4 Å². The van der Waals surface area contributed by atoms with Crippen molar-refractivity contribution in [2.24, 2.45) is 20.0 Å². The first kappa shape index (κ1) is 14.7. The van der Waals surface area contributed by atoms with E-state index in [-0.39, 0.29) is 6.10 Å². The van der Waals surface area contributed by atoms with E-state index in [0.717, 1.165) is 36.3 Å². The van der Waals surface area contributed by atoms with Gasteiger partial charge < -0.3 is 10.1 Å². The molecule has 114 valence electrons. The van der Waals surface area contributed by atoms with E-state index in [1.807, 2.05) is 42.0 Å². The van der Waals surface area contributed by atoms with E-state index in [9.17, 15) is 0 Å². The number of aryl methyl sites for hydroxylation is 2. The molecule has 0 saturated carbocycles. The van der Waals surface area contributed by atoms with Crippen LogP contribution in [0.25, 0.3) is 0 Å². The van der Waals surface area contributed by atoms with Crippen LogP contribution < -0.4 is 5.32 Å². The zero-order valence-electron chi connectivity index (χ0n) is 12.3. The van der Waals surface area contributed by atoms with Crippen molar-refractivity contribution in [1.29, 1.82) is 0 Å². The van der Waals surface area contributed by atoms with Crippen LogP contribution in [0.1, 0.15) is 23.8 Å². The molecule has 1 aliphatic heterocycles. The Morgan fingerprint density at radius 1 is 1.38 bits per heavy atom. The lowest BCUT2D eigenvalue weighted by Gasteiger charge is -2.17. The first-order chi connectivity index (χ1) is 10.1. The van der Waals surface area contributed by atoms with E-state index in [1.54, 1.807) is 0 Å². The average Bonchev–Trinajstić information content (AvgIpc) is 3.11. The molecule has 1 fully saturated rings. The van der Waals surface area contributed by atoms with Gasteiger partial charge >= 0.3 is 0 Å². The second-order valence-electron chi connectivity index (χ2n) is 5.52. The van der Waals surface area contributed by atoms with Crippen molar-refractivity contribution in [3.63, 3.8) is 0 Å². The van der Waals surface area contributed by atoms with Gasteiger partial charge in [0.15, 0.2) is 0 Å². The zero-order chi connectivity index (χ0) is 14.8. The van der Waals surface area contributed by atoms with E-state index in [4.69, 9.17) is 4.74 Å². The standard InChI is InChI=1S/C14H20BrN5O/c1-19-8-11(6-17-19)14-10(3-4-21-14)5-16-7-13-12(15)9-20(2)18-13/h6,8-10,14,16H,3-5,7H2,1-2H3/t10-,14+/m1/s1. The molecular formula is C14H20BrN5O. The van der Waals surface area contributed by atoms with Crippen molar-refractivity contribution in [2.75, 3.05) is 13.2 Å². The van der Waals surface area contributed by atoms with E-state index in [2.05, 4.69) is 31.4 Å². The Morgan fingerprint density at radius 3 is 2.90 bits per heavy atom. The molecule has 21 heavy (non-hydrogen) atoms. The lowest BCUT2D eigenvalue weighted by atomic mass is 9.97. The molecule has 3 heterocycles. The van der Waals surface area contributed by atoms with Crippen LogP contribution >= 0.6 is 15.9 Å². The quantitative estimate of drug-likeness (QED) is 0.890. The minimum atomic E-state index is 0.151. The highest BCUT2D eigenvalue weighted by atomic mass is 79.9. The molecule has 0 amide bonds. The fraction of sp³-hybridized carbons (Fsp3) is 0.571. The molecule has 0 bridgehead atoms. The normalized spacial score (nSPS) is 22.0. The molecule has 6 nitrogen and oxygen atoms in total. The monoisotopic (exact) mass is 353 g/mol. The molecule has 2 aromatic heterocycles. The third-order valence-corrected chi connectivity index (χ3v) is 4.48. The smallest absolute Gasteiger partial charge is 0.0904 e. The molecule has 3 rings (SSSR count). The van der Waals surface area contributed by atoms with Gasteiger partial charge in [-0.2, -0.15) is 10.2 Å². The van der Waals surface area contributed by atoms with Gasteiger partial charge in [0.1, 0.15) is 0 Å². The highest BCUT2D eigenvalue weighted by Crippen LogP contribution is 2.33. The van der Waals surface area contributed by atoms with Crippen molar-refractivity contribution in [1.82, 2.24) is 24.9 Å². The van der Waals surface area contributed by atoms with Gasteiger partial charge in [0.25, 0.3) is 0 Å². The maximum Gasteiger partial charge on any atom is 0.0904 e. The number of rotatable bonds is 5. The maximum atomic E-state index is 5.87. The topological polar surface area (TPSA) is 56.9 Å². The van der Waals surface area contributed by atoms with Crippen LogP contribution in [0.3, 0.4) is 0 Å². The molecule has 2 aromatic rings. The van der Waals surface area contributed by atoms with Crippen LogP contribution in [0.4, 0.5) is 0 Å². The van der Waals surface area contributed by atoms with Gasteiger partial charge in [-0.05, 0) is 22.4 Å². The van der Waals surface area contributed by atoms with Crippen LogP contribution in [-0.4, -0.2) is 32.7 Å². The summed E-state index contributed by atoms with van der Waals surface area (Å²) in [7, 11) is 3.86. The molecule has 7 heteroatoms. The average molecular weight is 354 g/mol. The Labute approximate surface area is 132 Å². The van der Waals surface area contributed by atoms with Crippen LogP contribution in [0.15, 0.2) is 23.1 Å². The second-order valence-corrected chi connectivity index (χ2v) is 6.37. The predicted octanol–water partition coefficient (Wildman–Crippen LogP) is 1.78. The van der Waals surface area contributed by atoms with E-state index >= 15 is 0 Å². The number of nitrogens with zero attached hydrogens (tertiary/aromatic N) is 4. The summed E-state index contributed by atoms with van der Waals surface area (Å²) < 4.78 is 10.6. The SMILES string of the molecule is Cn1cc([C@H]2OCC[C@@H]2CNCc2nn(C)cc2Br)cn1. The minimum Gasteiger partial charge on any atom is -0.373 e. The number of ether oxygens (including phenoxy) is 1. The summed E-state index contributed by atoms with van der Waals surface area (Å²) in [5.74, 6) is 0.483. The number of aromatic nitrogens is 4. The fourth-order valence-electron chi connectivity index (χ4n) is 2.80. The number of hydrogen-bond acceptors (Lipinski definition) is 4. The predicted molar refractivity (Wildman–Crippen MR) is 82.6 cm³/mol. The number of hydrogen-bond donors (Lipinski definition) is 1. The third kappa shape index (κ3) is 3.36. The van der Waals surface area contributed by atoms with Crippen molar-refractivity contribution in [3.8, 4) is 0 Å². The lowest BCUT2D eigenvalue weighted by molar-refractivity contribution is 0.0903. The molecule has 0 aromatic carbocycles. The molecular weight excluding hydrogens is 334 g/mol. The van der Waals surface area contributed by atoms with Crippen LogP contribution in [0.5, 0.6) is 0 Å². The summed E-state index contributed by atoms with van der Waals surface area (Å²) in [6, 6.07) is 0. The number of halogens is 1. The van der Waals surface area contributed by atoms with Crippen molar-refractivity contribution >= 4 is 15.9 Å². The second kappa shape index (κ2) is 6.29. The van der Waals surface area contributed by atoms with Crippen molar-refractivity contribution in [3.05, 3.63) is 34.3 Å². The highest BCUT2D eigenvalue weighted by molar-refractivity contribution is 9.10. The Balaban J connectivity index is 1.56. The molecule has 0 radical (unpaired) electrons. The molecule has 1 aliphatic rings. The van der Waals surface area contributed by atoms with Gasteiger partial charge in [0.2, 0.25) is 0 Å². The molecule has 0 unspecified atom stereocenters. The largest absolute Gasteiger partial charge is 0.373 e. The van der Waals surface area contributed by atoms with E-state index in [0.29, 0.717) is 5.92 Å². The molecule has 1 N–H and O–H groups in total. The Bertz CT molecular complexity index is 608. The zero-order valence-corrected chi connectivity index (χ0v) is 13.9. The summed E-state index contributed by atoms with van der Waals surface area (Å²) in [5.41, 5.74) is 2.20. The van der Waals surface area contributed by atoms with Gasteiger partial charge in [-0.1, -0.05) is 0 Å². The third-order valence-electron chi connectivity index (χ3n) is 3.82. The summed E-state index contributed by atoms with van der Waals surface area (Å²) in [5, 5.41) is 12.1. The van der Waals surface area contributed by atoms with E-state index in [1.165, 1.54) is 5.56 Å². The molecule has 0 spiro atoms. The van der Waals surface area contributed by atoms with Gasteiger partial charge in [0.05, 0.1) is 22.5 Å². The summed E-state index contributed by atoms with van der Waals surface area (Å²) in [6.45, 7) is 2.50. The highest BCUT2D eigenvalue weighted by Gasteiger charge is 2.30. The van der Waals surface area contributed by atoms with Crippen molar-refractivity contribution < 1.29 is 4.74 Å². The Hall–Kier alpha value is -1.18. The summed E-state index contributed by atoms with van der Waals surface area (Å²) >= 11 is 3.52. The van der Waals surface area contributed by atoms with Gasteiger partial charge in [-0.25, -0.2) is 0 Å². The van der Waals surface area contributed by atoms with Crippen LogP contribution in [0, 0.1) is 5.92 Å². The molecule has 1 saturated heterocycles. The lowest BCUT2D eigenvalue weighted by Crippen LogP contribution is -2.24. The fourth-order valence-corrected chi connectivity index (χ4v) is 3.32. The Morgan fingerprint density at radius 2 is 2.24 bits per heavy atom. The first-order valence-corrected chi connectivity index (χ1v) is 7.91. The van der Waals surface area contributed by atoms with E-state index < -0.39 is 0 Å². The summed E-state index contributed by atoms with van der Waals surface area (Å²) in [6.07, 6.45) is 7.14. The van der Waals surface area contributed by atoms with Gasteiger partial charge in [-0.15, -0.1) is 0 Å². The molecule has 2 atom stereocenters. The maximum absolute atomic E-state index is 5.87. The van der Waals surface area contributed by atoms with Crippen molar-refractivity contribution in [2.45, 2.75) is 19.1 Å². The Kier molecular flexibility index (Phi) is 4.42. The minimum absolute atomic E-state index is 0.151. The van der Waals surface area contributed by atoms with Crippen LogP contribution in [0.2, 0.25) is 0 Å².